The molecule has 1 aromatic heterocycles. The fourth-order valence-corrected chi connectivity index (χ4v) is 3.11. The number of nitrogens with one attached hydrogen (secondary N) is 2. The van der Waals surface area contributed by atoms with E-state index in [-0.39, 0.29) is 12.0 Å². The largest absolute Gasteiger partial charge is 0.393 e. The number of anilines is 1. The first kappa shape index (κ1) is 16.2. The number of thiazole rings is 1. The number of hydrogen-bond acceptors (Lipinski definition) is 6. The van der Waals surface area contributed by atoms with Crippen molar-refractivity contribution in [2.45, 2.75) is 32.3 Å². The molecule has 1 amide bonds. The molecule has 21 heavy (non-hydrogen) atoms. The van der Waals surface area contributed by atoms with Crippen LogP contribution in [0.2, 0.25) is 0 Å². The van der Waals surface area contributed by atoms with Gasteiger partial charge in [0.15, 0.2) is 5.13 Å². The van der Waals surface area contributed by atoms with E-state index in [1.54, 1.807) is 5.38 Å². The normalized spacial score (nSPS) is 16.9. The van der Waals surface area contributed by atoms with Gasteiger partial charge in [0.25, 0.3) is 5.91 Å². The fourth-order valence-electron chi connectivity index (χ4n) is 2.35. The second-order valence-corrected chi connectivity index (χ2v) is 6.11. The SMILES string of the molecule is CCNc1nc(C(=O)NCCCN2CCC(O)CC2)cs1. The van der Waals surface area contributed by atoms with Crippen molar-refractivity contribution >= 4 is 22.4 Å². The van der Waals surface area contributed by atoms with Gasteiger partial charge in [-0.3, -0.25) is 4.79 Å². The Morgan fingerprint density at radius 3 is 3.00 bits per heavy atom. The molecule has 2 heterocycles. The van der Waals surface area contributed by atoms with Crippen molar-refractivity contribution < 1.29 is 9.90 Å². The van der Waals surface area contributed by atoms with Gasteiger partial charge in [-0.1, -0.05) is 0 Å². The van der Waals surface area contributed by atoms with E-state index in [9.17, 15) is 9.90 Å². The third-order valence-corrected chi connectivity index (χ3v) is 4.36. The average molecular weight is 312 g/mol. The summed E-state index contributed by atoms with van der Waals surface area (Å²) in [6.45, 7) is 6.33. The number of carbonyl (C=O) groups excluding carboxylic acids is 1. The average Bonchev–Trinajstić information content (AvgIpc) is 2.94. The molecular weight excluding hydrogens is 288 g/mol. The number of carbonyl (C=O) groups is 1. The Kier molecular flexibility index (Phi) is 6.41. The zero-order chi connectivity index (χ0) is 15.1. The number of aliphatic hydroxyl groups excluding tert-OH is 1. The van der Waals surface area contributed by atoms with Crippen molar-refractivity contribution in [2.75, 3.05) is 38.0 Å². The molecule has 1 saturated heterocycles. The van der Waals surface area contributed by atoms with Gasteiger partial charge in [-0.2, -0.15) is 0 Å². The lowest BCUT2D eigenvalue weighted by atomic mass is 10.1. The molecule has 0 unspecified atom stereocenters. The van der Waals surface area contributed by atoms with Gasteiger partial charge >= 0.3 is 0 Å². The van der Waals surface area contributed by atoms with Crippen molar-refractivity contribution in [1.29, 1.82) is 0 Å². The predicted octanol–water partition coefficient (Wildman–Crippen LogP) is 1.15. The minimum absolute atomic E-state index is 0.107. The van der Waals surface area contributed by atoms with E-state index in [1.165, 1.54) is 11.3 Å². The highest BCUT2D eigenvalue weighted by molar-refractivity contribution is 7.13. The molecule has 0 atom stereocenters. The van der Waals surface area contributed by atoms with Crippen LogP contribution in [0.1, 0.15) is 36.7 Å². The Balaban J connectivity index is 1.62. The molecule has 2 rings (SSSR count). The minimum atomic E-state index is -0.128. The zero-order valence-corrected chi connectivity index (χ0v) is 13.3. The Hall–Kier alpha value is -1.18. The molecule has 0 aromatic carbocycles. The summed E-state index contributed by atoms with van der Waals surface area (Å²) in [6.07, 6.45) is 2.51. The van der Waals surface area contributed by atoms with Crippen LogP contribution in [-0.4, -0.2) is 59.7 Å². The van der Waals surface area contributed by atoms with Crippen LogP contribution in [0.25, 0.3) is 0 Å². The highest BCUT2D eigenvalue weighted by atomic mass is 32.1. The van der Waals surface area contributed by atoms with E-state index in [0.717, 1.165) is 50.6 Å². The molecule has 1 fully saturated rings. The zero-order valence-electron chi connectivity index (χ0n) is 12.5. The number of likely N-dealkylation sites (tertiary alicyclic amines) is 1. The maximum absolute atomic E-state index is 11.9. The summed E-state index contributed by atoms with van der Waals surface area (Å²) in [5, 5.41) is 18.0. The number of rotatable bonds is 7. The van der Waals surface area contributed by atoms with Crippen molar-refractivity contribution in [1.82, 2.24) is 15.2 Å². The molecule has 7 heteroatoms. The lowest BCUT2D eigenvalue weighted by molar-refractivity contribution is 0.0816. The highest BCUT2D eigenvalue weighted by Gasteiger charge is 2.16. The third-order valence-electron chi connectivity index (χ3n) is 3.56. The first-order valence-electron chi connectivity index (χ1n) is 7.57. The molecule has 1 aliphatic rings. The summed E-state index contributed by atoms with van der Waals surface area (Å²) in [4.78, 5) is 18.5. The maximum Gasteiger partial charge on any atom is 0.270 e. The summed E-state index contributed by atoms with van der Waals surface area (Å²) in [5.41, 5.74) is 0.483. The van der Waals surface area contributed by atoms with Gasteiger partial charge in [0, 0.05) is 31.6 Å². The fraction of sp³-hybridized carbons (Fsp3) is 0.714. The van der Waals surface area contributed by atoms with Crippen molar-refractivity contribution in [3.63, 3.8) is 0 Å². The van der Waals surface area contributed by atoms with Gasteiger partial charge in [-0.15, -0.1) is 11.3 Å². The minimum Gasteiger partial charge on any atom is -0.393 e. The molecule has 6 nitrogen and oxygen atoms in total. The molecule has 0 aliphatic carbocycles. The Bertz CT molecular complexity index is 444. The monoisotopic (exact) mass is 312 g/mol. The van der Waals surface area contributed by atoms with Gasteiger partial charge < -0.3 is 20.6 Å². The summed E-state index contributed by atoms with van der Waals surface area (Å²) in [5.74, 6) is -0.107. The van der Waals surface area contributed by atoms with E-state index < -0.39 is 0 Å². The van der Waals surface area contributed by atoms with Gasteiger partial charge in [0.2, 0.25) is 0 Å². The molecule has 0 spiro atoms. The van der Waals surface area contributed by atoms with Crippen LogP contribution in [0.4, 0.5) is 5.13 Å². The number of nitrogens with zero attached hydrogens (tertiary/aromatic N) is 2. The number of hydrogen-bond donors (Lipinski definition) is 3. The number of piperidine rings is 1. The molecule has 0 saturated carbocycles. The standard InChI is InChI=1S/C14H24N4O2S/c1-2-15-14-17-12(10-21-14)13(20)16-6-3-7-18-8-4-11(19)5-9-18/h10-11,19H,2-9H2,1H3,(H,15,17)(H,16,20). The van der Waals surface area contributed by atoms with Gasteiger partial charge in [0.1, 0.15) is 5.69 Å². The second-order valence-electron chi connectivity index (χ2n) is 5.25. The van der Waals surface area contributed by atoms with Crippen LogP contribution >= 0.6 is 11.3 Å². The lowest BCUT2D eigenvalue weighted by Crippen LogP contribution is -2.37. The van der Waals surface area contributed by atoms with E-state index >= 15 is 0 Å². The van der Waals surface area contributed by atoms with Crippen LogP contribution < -0.4 is 10.6 Å². The molecule has 1 aromatic rings. The third kappa shape index (κ3) is 5.26. The Labute approximate surface area is 129 Å². The van der Waals surface area contributed by atoms with E-state index in [4.69, 9.17) is 0 Å². The van der Waals surface area contributed by atoms with Crippen LogP contribution in [0.5, 0.6) is 0 Å². The molecule has 1 aliphatic heterocycles. The predicted molar refractivity (Wildman–Crippen MR) is 84.9 cm³/mol. The summed E-state index contributed by atoms with van der Waals surface area (Å²) in [6, 6.07) is 0. The first-order valence-corrected chi connectivity index (χ1v) is 8.45. The van der Waals surface area contributed by atoms with Crippen LogP contribution in [0, 0.1) is 0 Å². The number of aromatic nitrogens is 1. The van der Waals surface area contributed by atoms with Crippen LogP contribution in [0.15, 0.2) is 5.38 Å². The van der Waals surface area contributed by atoms with Gasteiger partial charge in [-0.25, -0.2) is 4.98 Å². The molecular formula is C14H24N4O2S. The molecule has 118 valence electrons. The second kappa shape index (κ2) is 8.31. The lowest BCUT2D eigenvalue weighted by Gasteiger charge is -2.29. The highest BCUT2D eigenvalue weighted by Crippen LogP contribution is 2.14. The van der Waals surface area contributed by atoms with Crippen molar-refractivity contribution in [2.24, 2.45) is 0 Å². The summed E-state index contributed by atoms with van der Waals surface area (Å²) < 4.78 is 0. The van der Waals surface area contributed by atoms with Crippen molar-refractivity contribution in [3.8, 4) is 0 Å². The van der Waals surface area contributed by atoms with E-state index in [0.29, 0.717) is 12.2 Å². The topological polar surface area (TPSA) is 77.5 Å². The molecule has 0 bridgehead atoms. The molecule has 3 N–H and O–H groups in total. The smallest absolute Gasteiger partial charge is 0.270 e. The van der Waals surface area contributed by atoms with Gasteiger partial charge in [0.05, 0.1) is 6.10 Å². The van der Waals surface area contributed by atoms with Crippen LogP contribution in [0.3, 0.4) is 0 Å². The van der Waals surface area contributed by atoms with Crippen molar-refractivity contribution in [3.05, 3.63) is 11.1 Å². The van der Waals surface area contributed by atoms with E-state index in [1.807, 2.05) is 6.92 Å². The number of aliphatic hydroxyl groups is 1. The first-order chi connectivity index (χ1) is 10.2. The number of amides is 1. The quantitative estimate of drug-likeness (QED) is 0.659. The Morgan fingerprint density at radius 1 is 1.52 bits per heavy atom. The van der Waals surface area contributed by atoms with E-state index in [2.05, 4.69) is 20.5 Å². The maximum atomic E-state index is 11.9. The summed E-state index contributed by atoms with van der Waals surface area (Å²) in [7, 11) is 0. The Morgan fingerprint density at radius 2 is 2.29 bits per heavy atom. The van der Waals surface area contributed by atoms with Gasteiger partial charge in [-0.05, 0) is 32.7 Å². The molecule has 0 radical (unpaired) electrons. The van der Waals surface area contributed by atoms with Crippen LogP contribution in [-0.2, 0) is 0 Å². The summed E-state index contributed by atoms with van der Waals surface area (Å²) >= 11 is 1.45.